The molecule has 0 saturated heterocycles. The quantitative estimate of drug-likeness (QED) is 0.350. The summed E-state index contributed by atoms with van der Waals surface area (Å²) in [5, 5.41) is 8.03. The van der Waals surface area contributed by atoms with Gasteiger partial charge in [0.05, 0.1) is 11.6 Å². The standard InChI is InChI=1S/C24H18Cl2FN3O2/c25-19-9-10-20(26)22(13-19)32-15-16-5-7-17(8-6-16)24(31)28-23-11-12-30(29-23)14-18-3-1-2-4-21(18)27/h1-13H,14-15H2,(H,28,29,31). The Kier molecular flexibility index (Phi) is 6.73. The predicted molar refractivity (Wildman–Crippen MR) is 123 cm³/mol. The lowest BCUT2D eigenvalue weighted by Gasteiger charge is -2.09. The minimum absolute atomic E-state index is 0.272. The van der Waals surface area contributed by atoms with Gasteiger partial charge in [-0.2, -0.15) is 5.10 Å². The lowest BCUT2D eigenvalue weighted by atomic mass is 10.1. The molecular weight excluding hydrogens is 452 g/mol. The summed E-state index contributed by atoms with van der Waals surface area (Å²) in [6.07, 6.45) is 1.68. The first-order valence-electron chi connectivity index (χ1n) is 9.73. The second kappa shape index (κ2) is 9.85. The molecule has 0 radical (unpaired) electrons. The van der Waals surface area contributed by atoms with Gasteiger partial charge in [0.15, 0.2) is 5.82 Å². The van der Waals surface area contributed by atoms with Crippen LogP contribution in [-0.2, 0) is 13.2 Å². The zero-order valence-corrected chi connectivity index (χ0v) is 18.3. The minimum atomic E-state index is -0.300. The average Bonchev–Trinajstić information content (AvgIpc) is 3.23. The number of rotatable bonds is 7. The van der Waals surface area contributed by atoms with Crippen molar-refractivity contribution >= 4 is 34.9 Å². The molecule has 4 rings (SSSR count). The monoisotopic (exact) mass is 469 g/mol. The fourth-order valence-electron chi connectivity index (χ4n) is 3.01. The molecule has 0 aliphatic heterocycles. The third kappa shape index (κ3) is 5.46. The van der Waals surface area contributed by atoms with Gasteiger partial charge in [-0.3, -0.25) is 9.48 Å². The van der Waals surface area contributed by atoms with Gasteiger partial charge < -0.3 is 10.1 Å². The van der Waals surface area contributed by atoms with Crippen LogP contribution in [0.1, 0.15) is 21.5 Å². The minimum Gasteiger partial charge on any atom is -0.487 e. The Morgan fingerprint density at radius 2 is 1.81 bits per heavy atom. The van der Waals surface area contributed by atoms with E-state index in [-0.39, 0.29) is 24.9 Å². The van der Waals surface area contributed by atoms with Crippen LogP contribution in [0, 0.1) is 5.82 Å². The molecule has 0 aliphatic rings. The van der Waals surface area contributed by atoms with Crippen molar-refractivity contribution in [3.63, 3.8) is 0 Å². The Labute approximate surface area is 194 Å². The van der Waals surface area contributed by atoms with Gasteiger partial charge in [0, 0.05) is 34.5 Å². The van der Waals surface area contributed by atoms with Crippen molar-refractivity contribution in [3.05, 3.63) is 112 Å². The fraction of sp³-hybridized carbons (Fsp3) is 0.0833. The van der Waals surface area contributed by atoms with Crippen LogP contribution in [0.4, 0.5) is 10.2 Å². The number of nitrogens with zero attached hydrogens (tertiary/aromatic N) is 2. The highest BCUT2D eigenvalue weighted by atomic mass is 35.5. The number of carbonyl (C=O) groups is 1. The van der Waals surface area contributed by atoms with Crippen molar-refractivity contribution in [2.75, 3.05) is 5.32 Å². The van der Waals surface area contributed by atoms with E-state index in [1.54, 1.807) is 77.6 Å². The van der Waals surface area contributed by atoms with Crippen LogP contribution in [-0.4, -0.2) is 15.7 Å². The summed E-state index contributed by atoms with van der Waals surface area (Å²) in [5.41, 5.74) is 1.86. The SMILES string of the molecule is O=C(Nc1ccn(Cc2ccccc2F)n1)c1ccc(COc2cc(Cl)ccc2Cl)cc1. The normalized spacial score (nSPS) is 10.7. The van der Waals surface area contributed by atoms with Crippen molar-refractivity contribution < 1.29 is 13.9 Å². The Morgan fingerprint density at radius 3 is 2.59 bits per heavy atom. The molecule has 0 fully saturated rings. The van der Waals surface area contributed by atoms with Crippen LogP contribution < -0.4 is 10.1 Å². The highest BCUT2D eigenvalue weighted by Gasteiger charge is 2.10. The molecule has 8 heteroatoms. The van der Waals surface area contributed by atoms with E-state index in [0.717, 1.165) is 5.56 Å². The first kappa shape index (κ1) is 21.9. The smallest absolute Gasteiger partial charge is 0.256 e. The van der Waals surface area contributed by atoms with Crippen molar-refractivity contribution in [3.8, 4) is 5.75 Å². The van der Waals surface area contributed by atoms with E-state index in [1.165, 1.54) is 6.07 Å². The summed E-state index contributed by atoms with van der Waals surface area (Å²) in [4.78, 5) is 12.5. The fourth-order valence-corrected chi connectivity index (χ4v) is 3.34. The van der Waals surface area contributed by atoms with Gasteiger partial charge >= 0.3 is 0 Å². The van der Waals surface area contributed by atoms with Gasteiger partial charge in [-0.15, -0.1) is 0 Å². The zero-order chi connectivity index (χ0) is 22.5. The van der Waals surface area contributed by atoms with Gasteiger partial charge in [-0.05, 0) is 35.9 Å². The lowest BCUT2D eigenvalue weighted by Crippen LogP contribution is -2.13. The summed E-state index contributed by atoms with van der Waals surface area (Å²) in [6, 6.07) is 20.2. The highest BCUT2D eigenvalue weighted by Crippen LogP contribution is 2.28. The number of hydrogen-bond acceptors (Lipinski definition) is 3. The van der Waals surface area contributed by atoms with Crippen LogP contribution in [0.3, 0.4) is 0 Å². The van der Waals surface area contributed by atoms with E-state index in [1.807, 2.05) is 0 Å². The van der Waals surface area contributed by atoms with Crippen molar-refractivity contribution in [1.29, 1.82) is 0 Å². The Hall–Kier alpha value is -3.35. The molecule has 4 aromatic rings. The second-order valence-electron chi connectivity index (χ2n) is 7.00. The molecule has 1 aromatic heterocycles. The third-order valence-electron chi connectivity index (χ3n) is 4.68. The molecular formula is C24H18Cl2FN3O2. The number of amides is 1. The maximum atomic E-state index is 13.8. The van der Waals surface area contributed by atoms with Crippen molar-refractivity contribution in [2.45, 2.75) is 13.2 Å². The van der Waals surface area contributed by atoms with E-state index in [2.05, 4.69) is 10.4 Å². The van der Waals surface area contributed by atoms with Crippen molar-refractivity contribution in [1.82, 2.24) is 9.78 Å². The van der Waals surface area contributed by atoms with Crippen LogP contribution in [0.15, 0.2) is 79.0 Å². The molecule has 0 spiro atoms. The molecule has 3 aromatic carbocycles. The molecule has 5 nitrogen and oxygen atoms in total. The van der Waals surface area contributed by atoms with Gasteiger partial charge in [0.2, 0.25) is 0 Å². The molecule has 0 atom stereocenters. The summed E-state index contributed by atoms with van der Waals surface area (Å²) >= 11 is 12.1. The summed E-state index contributed by atoms with van der Waals surface area (Å²) < 4.78 is 21.1. The number of aromatic nitrogens is 2. The molecule has 0 bridgehead atoms. The number of benzene rings is 3. The molecule has 162 valence electrons. The average molecular weight is 470 g/mol. The Balaban J connectivity index is 1.34. The summed E-state index contributed by atoms with van der Waals surface area (Å²) in [6.45, 7) is 0.552. The molecule has 0 unspecified atom stereocenters. The Bertz CT molecular complexity index is 1240. The van der Waals surface area contributed by atoms with E-state index < -0.39 is 0 Å². The van der Waals surface area contributed by atoms with E-state index in [0.29, 0.717) is 32.7 Å². The van der Waals surface area contributed by atoms with Gasteiger partial charge in [0.25, 0.3) is 5.91 Å². The van der Waals surface area contributed by atoms with Crippen LogP contribution in [0.5, 0.6) is 5.75 Å². The first-order valence-corrected chi connectivity index (χ1v) is 10.5. The zero-order valence-electron chi connectivity index (χ0n) is 16.8. The Morgan fingerprint density at radius 1 is 1.03 bits per heavy atom. The number of nitrogens with one attached hydrogen (secondary N) is 1. The molecule has 32 heavy (non-hydrogen) atoms. The highest BCUT2D eigenvalue weighted by molar-refractivity contribution is 6.34. The van der Waals surface area contributed by atoms with E-state index in [4.69, 9.17) is 27.9 Å². The number of ether oxygens (including phenoxy) is 1. The van der Waals surface area contributed by atoms with Gasteiger partial charge in [-0.25, -0.2) is 4.39 Å². The van der Waals surface area contributed by atoms with E-state index in [9.17, 15) is 9.18 Å². The van der Waals surface area contributed by atoms with Crippen LogP contribution >= 0.6 is 23.2 Å². The number of carbonyl (C=O) groups excluding carboxylic acids is 1. The van der Waals surface area contributed by atoms with E-state index >= 15 is 0 Å². The second-order valence-corrected chi connectivity index (χ2v) is 7.85. The largest absolute Gasteiger partial charge is 0.487 e. The first-order chi connectivity index (χ1) is 15.5. The maximum Gasteiger partial charge on any atom is 0.256 e. The topological polar surface area (TPSA) is 56.2 Å². The number of anilines is 1. The molecule has 0 aliphatic carbocycles. The molecule has 0 saturated carbocycles. The summed E-state index contributed by atoms with van der Waals surface area (Å²) in [7, 11) is 0. The number of hydrogen-bond donors (Lipinski definition) is 1. The summed E-state index contributed by atoms with van der Waals surface area (Å²) in [5.74, 6) is 0.281. The van der Waals surface area contributed by atoms with Crippen LogP contribution in [0.2, 0.25) is 10.0 Å². The molecule has 1 heterocycles. The maximum absolute atomic E-state index is 13.8. The van der Waals surface area contributed by atoms with Crippen LogP contribution in [0.25, 0.3) is 0 Å². The molecule has 1 N–H and O–H groups in total. The lowest BCUT2D eigenvalue weighted by molar-refractivity contribution is 0.102. The molecule has 1 amide bonds. The van der Waals surface area contributed by atoms with Gasteiger partial charge in [0.1, 0.15) is 18.2 Å². The predicted octanol–water partition coefficient (Wildman–Crippen LogP) is 6.21. The van der Waals surface area contributed by atoms with Gasteiger partial charge in [-0.1, -0.05) is 53.5 Å². The number of halogens is 3. The van der Waals surface area contributed by atoms with Crippen molar-refractivity contribution in [2.24, 2.45) is 0 Å². The third-order valence-corrected chi connectivity index (χ3v) is 5.22.